The molecule has 0 fully saturated rings. The molecule has 1 aromatic carbocycles. The summed E-state index contributed by atoms with van der Waals surface area (Å²) in [5, 5.41) is 0. The maximum absolute atomic E-state index is 12.1. The van der Waals surface area contributed by atoms with Crippen molar-refractivity contribution < 1.29 is 14.3 Å². The first-order chi connectivity index (χ1) is 8.95. The monoisotopic (exact) mass is 280 g/mol. The van der Waals surface area contributed by atoms with Gasteiger partial charge in [-0.25, -0.2) is 0 Å². The van der Waals surface area contributed by atoms with Gasteiger partial charge in [0.2, 0.25) is 0 Å². The number of thioether (sulfide) groups is 1. The van der Waals surface area contributed by atoms with E-state index in [4.69, 9.17) is 0 Å². The Morgan fingerprint density at radius 1 is 1.11 bits per heavy atom. The maximum atomic E-state index is 12.1. The second-order valence-corrected chi connectivity index (χ2v) is 5.66. The first-order valence-electron chi connectivity index (χ1n) is 6.21. The fourth-order valence-electron chi connectivity index (χ4n) is 1.76. The molecule has 0 saturated heterocycles. The standard InChI is InChI=1S/C15H20O3S/c1-10-7-12(3)13(8-11(10)2)14(16)9-19-6-5-15(17)18-4/h7-8H,5-6,9H2,1-4H3. The molecule has 1 aromatic rings. The Bertz CT molecular complexity index is 481. The lowest BCUT2D eigenvalue weighted by Crippen LogP contribution is -2.08. The Balaban J connectivity index is 2.55. The van der Waals surface area contributed by atoms with Gasteiger partial charge >= 0.3 is 5.97 Å². The van der Waals surface area contributed by atoms with Crippen molar-refractivity contribution in [2.75, 3.05) is 18.6 Å². The van der Waals surface area contributed by atoms with Crippen LogP contribution in [0, 0.1) is 20.8 Å². The van der Waals surface area contributed by atoms with E-state index in [0.717, 1.165) is 16.7 Å². The summed E-state index contributed by atoms with van der Waals surface area (Å²) < 4.78 is 4.55. The summed E-state index contributed by atoms with van der Waals surface area (Å²) in [7, 11) is 1.37. The molecule has 0 unspecified atom stereocenters. The van der Waals surface area contributed by atoms with E-state index in [2.05, 4.69) is 4.74 Å². The van der Waals surface area contributed by atoms with Gasteiger partial charge in [-0.05, 0) is 43.5 Å². The predicted octanol–water partition coefficient (Wildman–Crippen LogP) is 3.09. The quantitative estimate of drug-likeness (QED) is 0.456. The van der Waals surface area contributed by atoms with Crippen LogP contribution >= 0.6 is 11.8 Å². The van der Waals surface area contributed by atoms with E-state index >= 15 is 0 Å². The Kier molecular flexibility index (Phi) is 6.09. The first kappa shape index (κ1) is 15.8. The third-order valence-corrected chi connectivity index (χ3v) is 4.01. The zero-order valence-electron chi connectivity index (χ0n) is 11.9. The normalized spacial score (nSPS) is 10.3. The number of carbonyl (C=O) groups is 2. The molecule has 0 aromatic heterocycles. The van der Waals surface area contributed by atoms with Crippen LogP contribution in [0.3, 0.4) is 0 Å². The summed E-state index contributed by atoms with van der Waals surface area (Å²) in [6.07, 6.45) is 0.348. The van der Waals surface area contributed by atoms with E-state index < -0.39 is 0 Å². The highest BCUT2D eigenvalue weighted by Crippen LogP contribution is 2.17. The average molecular weight is 280 g/mol. The van der Waals surface area contributed by atoms with Gasteiger partial charge in [0.1, 0.15) is 0 Å². The fraction of sp³-hybridized carbons (Fsp3) is 0.467. The lowest BCUT2D eigenvalue weighted by atomic mass is 9.99. The molecule has 3 nitrogen and oxygen atoms in total. The predicted molar refractivity (Wildman–Crippen MR) is 78.9 cm³/mol. The number of ketones is 1. The van der Waals surface area contributed by atoms with Crippen LogP contribution in [0.4, 0.5) is 0 Å². The maximum Gasteiger partial charge on any atom is 0.306 e. The molecule has 0 aliphatic carbocycles. The van der Waals surface area contributed by atoms with Gasteiger partial charge in [0.05, 0.1) is 19.3 Å². The molecule has 0 aliphatic rings. The lowest BCUT2D eigenvalue weighted by Gasteiger charge is -2.08. The van der Waals surface area contributed by atoms with Crippen molar-refractivity contribution in [3.05, 3.63) is 34.4 Å². The van der Waals surface area contributed by atoms with Gasteiger partial charge in [-0.2, -0.15) is 11.8 Å². The molecular weight excluding hydrogens is 260 g/mol. The summed E-state index contributed by atoms with van der Waals surface area (Å²) in [5.41, 5.74) is 4.14. The van der Waals surface area contributed by atoms with Crippen LogP contribution in [0.2, 0.25) is 0 Å². The van der Waals surface area contributed by atoms with Crippen LogP contribution in [0.5, 0.6) is 0 Å². The average Bonchev–Trinajstić information content (AvgIpc) is 2.38. The molecule has 1 rings (SSSR count). The van der Waals surface area contributed by atoms with Crippen molar-refractivity contribution in [1.82, 2.24) is 0 Å². The van der Waals surface area contributed by atoms with Crippen LogP contribution in [0.1, 0.15) is 33.5 Å². The van der Waals surface area contributed by atoms with Crippen molar-refractivity contribution in [2.45, 2.75) is 27.2 Å². The fourth-order valence-corrected chi connectivity index (χ4v) is 2.56. The molecule has 4 heteroatoms. The number of Topliss-reactive ketones (excluding diaryl/α,β-unsaturated/α-hetero) is 1. The number of ether oxygens (including phenoxy) is 1. The van der Waals surface area contributed by atoms with E-state index in [1.165, 1.54) is 24.4 Å². The van der Waals surface area contributed by atoms with Gasteiger partial charge in [0, 0.05) is 11.3 Å². The van der Waals surface area contributed by atoms with Crippen LogP contribution in [0.25, 0.3) is 0 Å². The Hall–Kier alpha value is -1.29. The number of carbonyl (C=O) groups excluding carboxylic acids is 2. The molecule has 0 aliphatic heterocycles. The van der Waals surface area contributed by atoms with Crippen LogP contribution in [0.15, 0.2) is 12.1 Å². The molecule has 0 radical (unpaired) electrons. The summed E-state index contributed by atoms with van der Waals surface area (Å²) in [6.45, 7) is 6.01. The van der Waals surface area contributed by atoms with E-state index in [1.54, 1.807) is 0 Å². The smallest absolute Gasteiger partial charge is 0.306 e. The van der Waals surface area contributed by atoms with E-state index in [9.17, 15) is 9.59 Å². The molecule has 0 saturated carbocycles. The second kappa shape index (κ2) is 7.34. The van der Waals surface area contributed by atoms with Crippen molar-refractivity contribution >= 4 is 23.5 Å². The molecule has 104 valence electrons. The number of hydrogen-bond acceptors (Lipinski definition) is 4. The molecule has 0 N–H and O–H groups in total. The summed E-state index contributed by atoms with van der Waals surface area (Å²) in [4.78, 5) is 23.0. The van der Waals surface area contributed by atoms with Gasteiger partial charge in [-0.15, -0.1) is 0 Å². The molecule has 0 atom stereocenters. The minimum absolute atomic E-state index is 0.121. The largest absolute Gasteiger partial charge is 0.469 e. The van der Waals surface area contributed by atoms with Gasteiger partial charge in [-0.3, -0.25) is 9.59 Å². The number of benzene rings is 1. The van der Waals surface area contributed by atoms with Crippen molar-refractivity contribution in [2.24, 2.45) is 0 Å². The van der Waals surface area contributed by atoms with Gasteiger partial charge in [0.25, 0.3) is 0 Å². The zero-order valence-corrected chi connectivity index (χ0v) is 12.7. The molecule has 19 heavy (non-hydrogen) atoms. The van der Waals surface area contributed by atoms with E-state index in [1.807, 2.05) is 32.9 Å². The Labute approximate surface area is 118 Å². The van der Waals surface area contributed by atoms with Crippen molar-refractivity contribution in [3.8, 4) is 0 Å². The molecule has 0 heterocycles. The second-order valence-electron chi connectivity index (χ2n) is 4.55. The minimum atomic E-state index is -0.234. The van der Waals surface area contributed by atoms with Gasteiger partial charge < -0.3 is 4.74 Å². The number of rotatable bonds is 6. The highest BCUT2D eigenvalue weighted by molar-refractivity contribution is 8.00. The summed E-state index contributed by atoms with van der Waals surface area (Å²) in [5.74, 6) is 0.903. The topological polar surface area (TPSA) is 43.4 Å². The minimum Gasteiger partial charge on any atom is -0.469 e. The number of esters is 1. The highest BCUT2D eigenvalue weighted by Gasteiger charge is 2.11. The van der Waals surface area contributed by atoms with Crippen molar-refractivity contribution in [3.63, 3.8) is 0 Å². The highest BCUT2D eigenvalue weighted by atomic mass is 32.2. The van der Waals surface area contributed by atoms with E-state index in [-0.39, 0.29) is 11.8 Å². The SMILES string of the molecule is COC(=O)CCSCC(=O)c1cc(C)c(C)cc1C. The summed E-state index contributed by atoms with van der Waals surface area (Å²) in [6, 6.07) is 4.00. The summed E-state index contributed by atoms with van der Waals surface area (Å²) >= 11 is 1.47. The van der Waals surface area contributed by atoms with Crippen molar-refractivity contribution in [1.29, 1.82) is 0 Å². The molecule has 0 bridgehead atoms. The van der Waals surface area contributed by atoms with Gasteiger partial charge in [0.15, 0.2) is 5.78 Å². The van der Waals surface area contributed by atoms with Crippen LogP contribution < -0.4 is 0 Å². The number of methoxy groups -OCH3 is 1. The van der Waals surface area contributed by atoms with Gasteiger partial charge in [-0.1, -0.05) is 6.07 Å². The van der Waals surface area contributed by atoms with Crippen LogP contribution in [-0.4, -0.2) is 30.4 Å². The lowest BCUT2D eigenvalue weighted by molar-refractivity contribution is -0.140. The molecule has 0 amide bonds. The zero-order chi connectivity index (χ0) is 14.4. The third kappa shape index (κ3) is 4.71. The van der Waals surface area contributed by atoms with E-state index in [0.29, 0.717) is 17.9 Å². The third-order valence-electron chi connectivity index (χ3n) is 3.05. The van der Waals surface area contributed by atoms with Crippen LogP contribution in [-0.2, 0) is 9.53 Å². The molecule has 0 spiro atoms. The Morgan fingerprint density at radius 2 is 1.74 bits per heavy atom. The Morgan fingerprint density at radius 3 is 2.37 bits per heavy atom. The first-order valence-corrected chi connectivity index (χ1v) is 7.36. The number of aryl methyl sites for hydroxylation is 3. The molecular formula is C15H20O3S. The number of hydrogen-bond donors (Lipinski definition) is 0.